The van der Waals surface area contributed by atoms with Gasteiger partial charge in [0.05, 0.1) is 10.8 Å². The molecule has 1 aromatic rings. The van der Waals surface area contributed by atoms with Crippen molar-refractivity contribution in [3.63, 3.8) is 0 Å². The highest BCUT2D eigenvalue weighted by Gasteiger charge is 2.40. The van der Waals surface area contributed by atoms with E-state index in [0.29, 0.717) is 38.3 Å². The number of rotatable bonds is 4. The zero-order valence-electron chi connectivity index (χ0n) is 12.6. The lowest BCUT2D eigenvalue weighted by Gasteiger charge is -2.34. The largest absolute Gasteiger partial charge is 0.416 e. The van der Waals surface area contributed by atoms with E-state index in [1.807, 2.05) is 4.90 Å². The molecule has 8 heteroatoms. The molecular formula is C15H19F3N2O2S. The van der Waals surface area contributed by atoms with Gasteiger partial charge in [-0.3, -0.25) is 4.90 Å². The standard InChI is InChI=1S/C15H19F3N2O2S/c16-15(17,18)13-3-1-2-12(10-13)11-19-6-8-20(9-7-19)23(21,22)14-4-5-14/h1-3,10,14H,4-9,11H2. The van der Waals surface area contributed by atoms with Crippen LogP contribution in [0.4, 0.5) is 13.2 Å². The average molecular weight is 348 g/mol. The summed E-state index contributed by atoms with van der Waals surface area (Å²) in [4.78, 5) is 1.99. The molecule has 4 nitrogen and oxygen atoms in total. The lowest BCUT2D eigenvalue weighted by atomic mass is 10.1. The second-order valence-electron chi connectivity index (χ2n) is 6.12. The van der Waals surface area contributed by atoms with Gasteiger partial charge in [0.25, 0.3) is 0 Å². The number of benzene rings is 1. The quantitative estimate of drug-likeness (QED) is 0.838. The molecule has 1 aromatic carbocycles. The van der Waals surface area contributed by atoms with Gasteiger partial charge in [-0.15, -0.1) is 0 Å². The number of sulfonamides is 1. The van der Waals surface area contributed by atoms with Crippen molar-refractivity contribution in [2.45, 2.75) is 30.8 Å². The minimum Gasteiger partial charge on any atom is -0.296 e. The number of nitrogens with zero attached hydrogens (tertiary/aromatic N) is 2. The highest BCUT2D eigenvalue weighted by atomic mass is 32.2. The number of hydrogen-bond donors (Lipinski definition) is 0. The normalized spacial score (nSPS) is 21.5. The van der Waals surface area contributed by atoms with Crippen LogP contribution >= 0.6 is 0 Å². The Kier molecular flexibility index (Phi) is 4.41. The fraction of sp³-hybridized carbons (Fsp3) is 0.600. The van der Waals surface area contributed by atoms with Crippen LogP contribution in [0.15, 0.2) is 24.3 Å². The maximum absolute atomic E-state index is 12.7. The summed E-state index contributed by atoms with van der Waals surface area (Å²) >= 11 is 0. The van der Waals surface area contributed by atoms with Gasteiger partial charge in [0.15, 0.2) is 0 Å². The van der Waals surface area contributed by atoms with Crippen LogP contribution in [-0.4, -0.2) is 49.1 Å². The van der Waals surface area contributed by atoms with Crippen molar-refractivity contribution in [1.82, 2.24) is 9.21 Å². The zero-order valence-corrected chi connectivity index (χ0v) is 13.4. The summed E-state index contributed by atoms with van der Waals surface area (Å²) in [6.45, 7) is 2.32. The molecule has 1 aliphatic heterocycles. The Bertz CT molecular complexity index is 664. The highest BCUT2D eigenvalue weighted by Crippen LogP contribution is 2.32. The van der Waals surface area contributed by atoms with Crippen molar-refractivity contribution in [2.75, 3.05) is 26.2 Å². The Morgan fingerprint density at radius 3 is 2.30 bits per heavy atom. The average Bonchev–Trinajstić information content (AvgIpc) is 3.32. The second kappa shape index (κ2) is 6.07. The van der Waals surface area contributed by atoms with Crippen molar-refractivity contribution in [1.29, 1.82) is 0 Å². The van der Waals surface area contributed by atoms with Crippen LogP contribution in [-0.2, 0) is 22.7 Å². The van der Waals surface area contributed by atoms with E-state index in [1.165, 1.54) is 10.4 Å². The molecule has 0 N–H and O–H groups in total. The van der Waals surface area contributed by atoms with Crippen LogP contribution in [0.3, 0.4) is 0 Å². The second-order valence-corrected chi connectivity index (χ2v) is 8.33. The van der Waals surface area contributed by atoms with Crippen LogP contribution in [0, 0.1) is 0 Å². The van der Waals surface area contributed by atoms with E-state index in [-0.39, 0.29) is 5.25 Å². The molecule has 2 aliphatic rings. The molecule has 128 valence electrons. The molecule has 0 spiro atoms. The summed E-state index contributed by atoms with van der Waals surface area (Å²) in [6, 6.07) is 5.30. The summed E-state index contributed by atoms with van der Waals surface area (Å²) in [5.41, 5.74) is -0.0525. The number of piperazine rings is 1. The lowest BCUT2D eigenvalue weighted by molar-refractivity contribution is -0.137. The van der Waals surface area contributed by atoms with E-state index in [4.69, 9.17) is 0 Å². The van der Waals surface area contributed by atoms with E-state index < -0.39 is 21.8 Å². The molecule has 0 bridgehead atoms. The van der Waals surface area contributed by atoms with E-state index in [0.717, 1.165) is 25.0 Å². The van der Waals surface area contributed by atoms with Gasteiger partial charge in [0.1, 0.15) is 0 Å². The fourth-order valence-corrected chi connectivity index (χ4v) is 4.65. The highest BCUT2D eigenvalue weighted by molar-refractivity contribution is 7.90. The Morgan fingerprint density at radius 1 is 1.09 bits per heavy atom. The van der Waals surface area contributed by atoms with Crippen molar-refractivity contribution < 1.29 is 21.6 Å². The number of hydrogen-bond acceptors (Lipinski definition) is 3. The van der Waals surface area contributed by atoms with Crippen LogP contribution in [0.2, 0.25) is 0 Å². The first kappa shape index (κ1) is 16.7. The summed E-state index contributed by atoms with van der Waals surface area (Å²) in [5.74, 6) is 0. The van der Waals surface area contributed by atoms with Gasteiger partial charge in [-0.1, -0.05) is 18.2 Å². The van der Waals surface area contributed by atoms with E-state index in [9.17, 15) is 21.6 Å². The Hall–Kier alpha value is -1.12. The first-order chi connectivity index (χ1) is 10.8. The minimum absolute atomic E-state index is 0.211. The molecule has 0 radical (unpaired) electrons. The molecule has 1 heterocycles. The Morgan fingerprint density at radius 2 is 1.74 bits per heavy atom. The van der Waals surface area contributed by atoms with Gasteiger partial charge < -0.3 is 0 Å². The molecule has 0 aromatic heterocycles. The lowest BCUT2D eigenvalue weighted by Crippen LogP contribution is -2.49. The topological polar surface area (TPSA) is 40.6 Å². The minimum atomic E-state index is -4.34. The van der Waals surface area contributed by atoms with Gasteiger partial charge in [-0.05, 0) is 24.5 Å². The Balaban J connectivity index is 1.59. The molecule has 23 heavy (non-hydrogen) atoms. The van der Waals surface area contributed by atoms with Crippen LogP contribution in [0.25, 0.3) is 0 Å². The van der Waals surface area contributed by atoms with Gasteiger partial charge in [0.2, 0.25) is 10.0 Å². The van der Waals surface area contributed by atoms with Crippen LogP contribution < -0.4 is 0 Å². The van der Waals surface area contributed by atoms with Crippen LogP contribution in [0.1, 0.15) is 24.0 Å². The zero-order chi connectivity index (χ0) is 16.7. The third kappa shape index (κ3) is 3.87. The smallest absolute Gasteiger partial charge is 0.296 e. The van der Waals surface area contributed by atoms with Crippen molar-refractivity contribution in [3.05, 3.63) is 35.4 Å². The molecular weight excluding hydrogens is 329 g/mol. The summed E-state index contributed by atoms with van der Waals surface area (Å²) in [5, 5.41) is -0.211. The predicted octanol–water partition coefficient (Wildman–Crippen LogP) is 2.32. The van der Waals surface area contributed by atoms with Crippen LogP contribution in [0.5, 0.6) is 0 Å². The van der Waals surface area contributed by atoms with Gasteiger partial charge in [-0.25, -0.2) is 8.42 Å². The summed E-state index contributed by atoms with van der Waals surface area (Å²) in [6.07, 6.45) is -2.85. The van der Waals surface area contributed by atoms with Crippen molar-refractivity contribution in [2.24, 2.45) is 0 Å². The molecule has 2 fully saturated rings. The van der Waals surface area contributed by atoms with Crippen molar-refractivity contribution in [3.8, 4) is 0 Å². The first-order valence-electron chi connectivity index (χ1n) is 7.64. The summed E-state index contributed by atoms with van der Waals surface area (Å²) in [7, 11) is -3.15. The maximum Gasteiger partial charge on any atom is 0.416 e. The molecule has 0 amide bonds. The van der Waals surface area contributed by atoms with Gasteiger partial charge >= 0.3 is 6.18 Å². The predicted molar refractivity (Wildman–Crippen MR) is 80.2 cm³/mol. The monoisotopic (exact) mass is 348 g/mol. The molecule has 1 saturated carbocycles. The third-order valence-corrected chi connectivity index (χ3v) is 6.70. The number of alkyl halides is 3. The molecule has 3 rings (SSSR count). The number of halogens is 3. The SMILES string of the molecule is O=S(=O)(C1CC1)N1CCN(Cc2cccc(C(F)(F)F)c2)CC1. The maximum atomic E-state index is 12.7. The van der Waals surface area contributed by atoms with E-state index in [1.54, 1.807) is 6.07 Å². The van der Waals surface area contributed by atoms with Gasteiger partial charge in [-0.2, -0.15) is 17.5 Å². The van der Waals surface area contributed by atoms with Gasteiger partial charge in [0, 0.05) is 32.7 Å². The molecule has 0 atom stereocenters. The molecule has 1 saturated heterocycles. The molecule has 0 unspecified atom stereocenters. The van der Waals surface area contributed by atoms with E-state index >= 15 is 0 Å². The Labute approximate surface area is 133 Å². The third-order valence-electron chi connectivity index (χ3n) is 4.30. The van der Waals surface area contributed by atoms with Crippen molar-refractivity contribution >= 4 is 10.0 Å². The first-order valence-corrected chi connectivity index (χ1v) is 9.14. The van der Waals surface area contributed by atoms with E-state index in [2.05, 4.69) is 0 Å². The fourth-order valence-electron chi connectivity index (χ4n) is 2.82. The summed E-state index contributed by atoms with van der Waals surface area (Å²) < 4.78 is 64.0. The molecule has 1 aliphatic carbocycles.